The van der Waals surface area contributed by atoms with E-state index in [1.807, 2.05) is 37.3 Å². The van der Waals surface area contributed by atoms with E-state index < -0.39 is 0 Å². The molecule has 0 N–H and O–H groups in total. The zero-order valence-electron chi connectivity index (χ0n) is 14.6. The topological polar surface area (TPSA) is 18.5 Å². The molecule has 0 atom stereocenters. The highest BCUT2D eigenvalue weighted by atomic mass is 32.2. The van der Waals surface area contributed by atoms with Crippen molar-refractivity contribution in [2.24, 2.45) is 0 Å². The smallest absolute Gasteiger partial charge is 0.130 e. The van der Waals surface area contributed by atoms with E-state index in [1.165, 1.54) is 6.08 Å². The molecule has 1 aliphatic rings. The molecule has 4 heteroatoms. The Hall–Kier alpha value is -2.20. The normalized spacial score (nSPS) is 17.9. The maximum absolute atomic E-state index is 13.6. The van der Waals surface area contributed by atoms with Crippen LogP contribution in [0.4, 0.5) is 4.39 Å². The second kappa shape index (κ2) is 7.79. The van der Waals surface area contributed by atoms with E-state index >= 15 is 0 Å². The molecule has 130 valence electrons. The van der Waals surface area contributed by atoms with Crippen LogP contribution in [0.3, 0.4) is 0 Å². The van der Waals surface area contributed by atoms with Crippen LogP contribution in [-0.4, -0.2) is 20.0 Å². The van der Waals surface area contributed by atoms with Gasteiger partial charge in [0.25, 0.3) is 0 Å². The van der Waals surface area contributed by atoms with Gasteiger partial charge in [-0.15, -0.1) is 11.8 Å². The first-order chi connectivity index (χ1) is 12.2. The van der Waals surface area contributed by atoms with Crippen LogP contribution in [0, 0.1) is 6.92 Å². The number of hydrogen-bond acceptors (Lipinski definition) is 3. The van der Waals surface area contributed by atoms with Gasteiger partial charge in [0.15, 0.2) is 0 Å². The summed E-state index contributed by atoms with van der Waals surface area (Å²) in [5.74, 6) is 2.15. The highest BCUT2D eigenvalue weighted by Crippen LogP contribution is 2.41. The van der Waals surface area contributed by atoms with E-state index in [9.17, 15) is 4.39 Å². The van der Waals surface area contributed by atoms with Crippen molar-refractivity contribution in [3.63, 3.8) is 0 Å². The van der Waals surface area contributed by atoms with Crippen LogP contribution >= 0.6 is 11.8 Å². The Labute approximate surface area is 152 Å². The first-order valence-corrected chi connectivity index (χ1v) is 9.17. The number of methoxy groups -OCH3 is 2. The summed E-state index contributed by atoms with van der Waals surface area (Å²) in [7, 11) is 3.38. The van der Waals surface area contributed by atoms with Crippen molar-refractivity contribution in [1.29, 1.82) is 0 Å². The molecular weight excluding hydrogens is 335 g/mol. The zero-order chi connectivity index (χ0) is 17.8. The number of hydrogen-bond donors (Lipinski definition) is 0. The van der Waals surface area contributed by atoms with E-state index in [2.05, 4.69) is 5.41 Å². The van der Waals surface area contributed by atoms with Crippen LogP contribution in [0.15, 0.2) is 59.3 Å². The quantitative estimate of drug-likeness (QED) is 0.695. The van der Waals surface area contributed by atoms with Gasteiger partial charge in [-0.1, -0.05) is 30.3 Å². The lowest BCUT2D eigenvalue weighted by atomic mass is 9.94. The Balaban J connectivity index is 2.14. The van der Waals surface area contributed by atoms with Crippen molar-refractivity contribution in [3.8, 4) is 11.5 Å². The molecule has 0 amide bonds. The average Bonchev–Trinajstić information content (AvgIpc) is 2.61. The molecule has 1 heterocycles. The molecule has 2 aromatic rings. The van der Waals surface area contributed by atoms with Crippen molar-refractivity contribution in [2.45, 2.75) is 13.3 Å². The van der Waals surface area contributed by atoms with Gasteiger partial charge in [-0.25, -0.2) is 4.39 Å². The van der Waals surface area contributed by atoms with Crippen LogP contribution in [0.25, 0.3) is 10.8 Å². The molecular formula is C21H21FO2S. The largest absolute Gasteiger partial charge is 0.496 e. The minimum atomic E-state index is -0.196. The maximum Gasteiger partial charge on any atom is 0.130 e. The minimum Gasteiger partial charge on any atom is -0.496 e. The second-order valence-corrected chi connectivity index (χ2v) is 6.74. The van der Waals surface area contributed by atoms with Crippen molar-refractivity contribution in [2.75, 3.05) is 20.0 Å². The second-order valence-electron chi connectivity index (χ2n) is 5.84. The summed E-state index contributed by atoms with van der Waals surface area (Å²) in [6.45, 7) is 2.05. The summed E-state index contributed by atoms with van der Waals surface area (Å²) in [4.78, 5) is 0. The van der Waals surface area contributed by atoms with E-state index in [-0.39, 0.29) is 5.83 Å². The van der Waals surface area contributed by atoms with Gasteiger partial charge in [-0.3, -0.25) is 0 Å². The van der Waals surface area contributed by atoms with Crippen LogP contribution in [-0.2, 0) is 6.42 Å². The third-order valence-electron chi connectivity index (χ3n) is 4.34. The average molecular weight is 356 g/mol. The predicted molar refractivity (Wildman–Crippen MR) is 104 cm³/mol. The molecule has 0 radical (unpaired) electrons. The lowest BCUT2D eigenvalue weighted by Crippen LogP contribution is -2.02. The van der Waals surface area contributed by atoms with E-state index in [1.54, 1.807) is 32.1 Å². The number of allylic oxidation sites excluding steroid dienone is 4. The lowest BCUT2D eigenvalue weighted by molar-refractivity contribution is 0.404. The Bertz CT molecular complexity index is 881. The van der Waals surface area contributed by atoms with Gasteiger partial charge in [0.05, 0.1) is 14.2 Å². The number of ether oxygens (including phenoxy) is 2. The molecule has 2 nitrogen and oxygen atoms in total. The van der Waals surface area contributed by atoms with Gasteiger partial charge in [0, 0.05) is 28.5 Å². The fraction of sp³-hybridized carbons (Fsp3) is 0.238. The summed E-state index contributed by atoms with van der Waals surface area (Å²) in [6.07, 6.45) is 5.59. The Morgan fingerprint density at radius 2 is 1.72 bits per heavy atom. The highest BCUT2D eigenvalue weighted by molar-refractivity contribution is 8.02. The fourth-order valence-corrected chi connectivity index (χ4v) is 3.87. The Morgan fingerprint density at radius 1 is 1.04 bits per heavy atom. The number of benzene rings is 2. The monoisotopic (exact) mass is 356 g/mol. The highest BCUT2D eigenvalue weighted by Gasteiger charge is 2.18. The molecule has 0 bridgehead atoms. The predicted octanol–water partition coefficient (Wildman–Crippen LogP) is 5.75. The van der Waals surface area contributed by atoms with Crippen molar-refractivity contribution >= 4 is 22.5 Å². The Morgan fingerprint density at radius 3 is 2.40 bits per heavy atom. The first kappa shape index (κ1) is 17.6. The third kappa shape index (κ3) is 3.59. The van der Waals surface area contributed by atoms with Gasteiger partial charge in [-0.2, -0.15) is 0 Å². The van der Waals surface area contributed by atoms with Crippen LogP contribution in [0.5, 0.6) is 11.5 Å². The summed E-state index contributed by atoms with van der Waals surface area (Å²) >= 11 is 1.59. The summed E-state index contributed by atoms with van der Waals surface area (Å²) in [6, 6.07) is 8.07. The number of thioether (sulfide) groups is 1. The van der Waals surface area contributed by atoms with Crippen LogP contribution in [0.1, 0.15) is 11.1 Å². The lowest BCUT2D eigenvalue weighted by Gasteiger charge is -2.19. The fourth-order valence-electron chi connectivity index (χ4n) is 3.14. The molecule has 3 rings (SSSR count). The maximum atomic E-state index is 13.6. The molecule has 0 aliphatic carbocycles. The first-order valence-electron chi connectivity index (χ1n) is 8.12. The van der Waals surface area contributed by atoms with Crippen molar-refractivity contribution in [1.82, 2.24) is 0 Å². The molecule has 0 unspecified atom stereocenters. The SMILES string of the molecule is COc1c(C)c(CC2=C/SCC=C(F)/C=C\2)c(OC)c2ccccc12. The standard InChI is InChI=1S/C21H21FO2S/c1-14-19(12-15-8-9-16(22)10-11-25-13-15)21(24-3)18-7-5-4-6-17(18)20(14)23-2/h4-10,13H,11-12H2,1-3H3/b9-8-,15-13+,16-10?. The third-order valence-corrected chi connectivity index (χ3v) is 5.17. The van der Waals surface area contributed by atoms with Crippen LogP contribution in [0.2, 0.25) is 0 Å². The number of halogens is 1. The summed E-state index contributed by atoms with van der Waals surface area (Å²) in [5, 5.41) is 4.14. The van der Waals surface area contributed by atoms with E-state index in [0.717, 1.165) is 39.0 Å². The molecule has 0 saturated heterocycles. The van der Waals surface area contributed by atoms with Gasteiger partial charge in [0.2, 0.25) is 0 Å². The molecule has 0 spiro atoms. The molecule has 0 aromatic heterocycles. The van der Waals surface area contributed by atoms with Crippen molar-refractivity contribution in [3.05, 3.63) is 70.4 Å². The molecule has 1 aliphatic heterocycles. The van der Waals surface area contributed by atoms with E-state index in [4.69, 9.17) is 9.47 Å². The van der Waals surface area contributed by atoms with Crippen LogP contribution < -0.4 is 9.47 Å². The van der Waals surface area contributed by atoms with Gasteiger partial charge in [-0.05, 0) is 35.6 Å². The molecule has 0 fully saturated rings. The summed E-state index contributed by atoms with van der Waals surface area (Å²) < 4.78 is 25.0. The minimum absolute atomic E-state index is 0.196. The number of rotatable bonds is 4. The zero-order valence-corrected chi connectivity index (χ0v) is 15.5. The number of fused-ring (bicyclic) bond motifs is 1. The van der Waals surface area contributed by atoms with Crippen molar-refractivity contribution < 1.29 is 13.9 Å². The summed E-state index contributed by atoms with van der Waals surface area (Å²) in [5.41, 5.74) is 3.17. The van der Waals surface area contributed by atoms with Gasteiger partial charge in [0.1, 0.15) is 17.3 Å². The van der Waals surface area contributed by atoms with Gasteiger partial charge < -0.3 is 9.47 Å². The van der Waals surface area contributed by atoms with E-state index in [0.29, 0.717) is 12.2 Å². The molecule has 25 heavy (non-hydrogen) atoms. The van der Waals surface area contributed by atoms with Gasteiger partial charge >= 0.3 is 0 Å². The molecule has 2 aromatic carbocycles. The molecule has 0 saturated carbocycles. The Kier molecular flexibility index (Phi) is 5.49.